The number of carboxylic acid groups (broad SMARTS) is 1. The van der Waals surface area contributed by atoms with Gasteiger partial charge in [0.15, 0.2) is 0 Å². The van der Waals surface area contributed by atoms with Crippen molar-refractivity contribution < 1.29 is 27.9 Å². The van der Waals surface area contributed by atoms with E-state index in [1.165, 1.54) is 18.2 Å². The topological polar surface area (TPSA) is 136 Å². The van der Waals surface area contributed by atoms with E-state index in [0.29, 0.717) is 5.56 Å². The van der Waals surface area contributed by atoms with Gasteiger partial charge < -0.3 is 15.6 Å². The van der Waals surface area contributed by atoms with E-state index in [-0.39, 0.29) is 36.5 Å². The number of ether oxygens (including phenoxy) is 1. The molecule has 0 aliphatic carbocycles. The van der Waals surface area contributed by atoms with Gasteiger partial charge in [0.05, 0.1) is 23.5 Å². The second kappa shape index (κ2) is 6.26. The molecule has 1 aliphatic rings. The number of aryl methyl sites for hydroxylation is 1. The first kappa shape index (κ1) is 17.4. The Morgan fingerprint density at radius 2 is 2.09 bits per heavy atom. The van der Waals surface area contributed by atoms with Gasteiger partial charge in [-0.15, -0.1) is 0 Å². The van der Waals surface area contributed by atoms with Crippen LogP contribution >= 0.6 is 0 Å². The van der Waals surface area contributed by atoms with Crippen molar-refractivity contribution in [1.82, 2.24) is 4.72 Å². The SMILES string of the molecule is Cc1cc(C(N)=O)cc(S(=O)(=O)NC2(CC(=O)O)CCOC2)c1. The number of rotatable bonds is 6. The van der Waals surface area contributed by atoms with E-state index in [1.807, 2.05) is 0 Å². The van der Waals surface area contributed by atoms with Gasteiger partial charge in [0.2, 0.25) is 15.9 Å². The van der Waals surface area contributed by atoms with Gasteiger partial charge in [0.1, 0.15) is 0 Å². The zero-order chi connectivity index (χ0) is 17.3. The van der Waals surface area contributed by atoms with Crippen molar-refractivity contribution in [3.63, 3.8) is 0 Å². The molecular formula is C14H18N2O6S. The van der Waals surface area contributed by atoms with Gasteiger partial charge >= 0.3 is 5.97 Å². The average Bonchev–Trinajstić information content (AvgIpc) is 2.84. The first-order valence-electron chi connectivity index (χ1n) is 6.89. The number of sulfonamides is 1. The van der Waals surface area contributed by atoms with Crippen LogP contribution in [0.3, 0.4) is 0 Å². The molecular weight excluding hydrogens is 324 g/mol. The fraction of sp³-hybridized carbons (Fsp3) is 0.429. The summed E-state index contributed by atoms with van der Waals surface area (Å²) in [7, 11) is -4.03. The molecule has 1 heterocycles. The number of primary amides is 1. The number of carboxylic acids is 1. The molecule has 9 heteroatoms. The molecule has 1 aliphatic heterocycles. The largest absolute Gasteiger partial charge is 0.481 e. The van der Waals surface area contributed by atoms with Crippen LogP contribution in [0, 0.1) is 6.92 Å². The van der Waals surface area contributed by atoms with Gasteiger partial charge in [-0.25, -0.2) is 13.1 Å². The summed E-state index contributed by atoms with van der Waals surface area (Å²) < 4.78 is 32.8. The number of hydrogen-bond donors (Lipinski definition) is 3. The summed E-state index contributed by atoms with van der Waals surface area (Å²) >= 11 is 0. The molecule has 1 unspecified atom stereocenters. The van der Waals surface area contributed by atoms with E-state index < -0.39 is 27.4 Å². The minimum atomic E-state index is -4.03. The molecule has 0 spiro atoms. The van der Waals surface area contributed by atoms with Gasteiger partial charge in [-0.2, -0.15) is 0 Å². The molecule has 0 bridgehead atoms. The monoisotopic (exact) mass is 342 g/mol. The number of benzene rings is 1. The smallest absolute Gasteiger partial charge is 0.305 e. The second-order valence-electron chi connectivity index (χ2n) is 5.66. The Morgan fingerprint density at radius 1 is 1.39 bits per heavy atom. The van der Waals surface area contributed by atoms with Crippen LogP contribution in [0.15, 0.2) is 23.1 Å². The number of nitrogens with one attached hydrogen (secondary N) is 1. The molecule has 1 fully saturated rings. The summed E-state index contributed by atoms with van der Waals surface area (Å²) in [6.07, 6.45) is -0.131. The van der Waals surface area contributed by atoms with Crippen LogP contribution in [-0.2, 0) is 19.6 Å². The molecule has 1 atom stereocenters. The molecule has 8 nitrogen and oxygen atoms in total. The molecule has 2 rings (SSSR count). The first-order valence-corrected chi connectivity index (χ1v) is 8.37. The third-order valence-electron chi connectivity index (χ3n) is 3.59. The quantitative estimate of drug-likeness (QED) is 0.666. The van der Waals surface area contributed by atoms with Gasteiger partial charge in [-0.1, -0.05) is 0 Å². The summed E-state index contributed by atoms with van der Waals surface area (Å²) in [6, 6.07) is 4.04. The molecule has 1 aromatic carbocycles. The van der Waals surface area contributed by atoms with E-state index in [2.05, 4.69) is 4.72 Å². The van der Waals surface area contributed by atoms with Crippen LogP contribution in [0.5, 0.6) is 0 Å². The normalized spacial score (nSPS) is 21.3. The summed E-state index contributed by atoms with van der Waals surface area (Å²) in [4.78, 5) is 22.2. The van der Waals surface area contributed by atoms with Gasteiger partial charge in [-0.05, 0) is 37.1 Å². The highest BCUT2D eigenvalue weighted by Crippen LogP contribution is 2.26. The van der Waals surface area contributed by atoms with Gasteiger partial charge in [0, 0.05) is 12.2 Å². The van der Waals surface area contributed by atoms with E-state index >= 15 is 0 Å². The van der Waals surface area contributed by atoms with Crippen molar-refractivity contribution in [3.05, 3.63) is 29.3 Å². The second-order valence-corrected chi connectivity index (χ2v) is 7.34. The number of amides is 1. The lowest BCUT2D eigenvalue weighted by Gasteiger charge is -2.26. The Labute approximate surface area is 133 Å². The van der Waals surface area contributed by atoms with Crippen LogP contribution in [0.4, 0.5) is 0 Å². The number of nitrogens with two attached hydrogens (primary N) is 1. The van der Waals surface area contributed by atoms with Crippen molar-refractivity contribution in [2.24, 2.45) is 5.73 Å². The molecule has 126 valence electrons. The summed E-state index contributed by atoms with van der Waals surface area (Å²) in [5.74, 6) is -1.87. The van der Waals surface area contributed by atoms with Crippen molar-refractivity contribution in [1.29, 1.82) is 0 Å². The Hall–Kier alpha value is -1.97. The molecule has 0 radical (unpaired) electrons. The molecule has 1 saturated heterocycles. The molecule has 0 saturated carbocycles. The van der Waals surface area contributed by atoms with Crippen molar-refractivity contribution >= 4 is 21.9 Å². The average molecular weight is 342 g/mol. The van der Waals surface area contributed by atoms with Crippen LogP contribution in [-0.4, -0.2) is 44.2 Å². The fourth-order valence-electron chi connectivity index (χ4n) is 2.54. The molecule has 4 N–H and O–H groups in total. The van der Waals surface area contributed by atoms with Crippen molar-refractivity contribution in [2.45, 2.75) is 30.2 Å². The van der Waals surface area contributed by atoms with Crippen LogP contribution in [0.2, 0.25) is 0 Å². The Kier molecular flexibility index (Phi) is 4.73. The van der Waals surface area contributed by atoms with E-state index in [4.69, 9.17) is 15.6 Å². The molecule has 1 aromatic rings. The summed E-state index contributed by atoms with van der Waals surface area (Å²) in [5.41, 5.74) is 4.63. The number of carbonyl (C=O) groups is 2. The Morgan fingerprint density at radius 3 is 2.61 bits per heavy atom. The summed E-state index contributed by atoms with van der Waals surface area (Å²) in [6.45, 7) is 1.89. The van der Waals surface area contributed by atoms with E-state index in [9.17, 15) is 18.0 Å². The Bertz CT molecular complexity index is 738. The zero-order valence-corrected chi connectivity index (χ0v) is 13.4. The number of aliphatic carboxylic acids is 1. The molecule has 23 heavy (non-hydrogen) atoms. The maximum absolute atomic E-state index is 12.6. The minimum Gasteiger partial charge on any atom is -0.481 e. The maximum atomic E-state index is 12.6. The lowest BCUT2D eigenvalue weighted by molar-refractivity contribution is -0.138. The number of hydrogen-bond acceptors (Lipinski definition) is 5. The zero-order valence-electron chi connectivity index (χ0n) is 12.5. The predicted molar refractivity (Wildman–Crippen MR) is 80.4 cm³/mol. The Balaban J connectivity index is 2.38. The predicted octanol–water partition coefficient (Wildman–Crippen LogP) is 0.00602. The highest BCUT2D eigenvalue weighted by molar-refractivity contribution is 7.89. The third-order valence-corrected chi connectivity index (χ3v) is 5.15. The highest BCUT2D eigenvalue weighted by atomic mass is 32.2. The lowest BCUT2D eigenvalue weighted by Crippen LogP contribution is -2.50. The minimum absolute atomic E-state index is 0.0208. The number of carbonyl (C=O) groups excluding carboxylic acids is 1. The van der Waals surface area contributed by atoms with Crippen LogP contribution in [0.25, 0.3) is 0 Å². The van der Waals surface area contributed by atoms with E-state index in [1.54, 1.807) is 6.92 Å². The first-order chi connectivity index (χ1) is 10.6. The van der Waals surface area contributed by atoms with Crippen LogP contribution in [0.1, 0.15) is 28.8 Å². The highest BCUT2D eigenvalue weighted by Gasteiger charge is 2.41. The van der Waals surface area contributed by atoms with Crippen molar-refractivity contribution in [3.8, 4) is 0 Å². The van der Waals surface area contributed by atoms with E-state index in [0.717, 1.165) is 0 Å². The third kappa shape index (κ3) is 4.06. The van der Waals surface area contributed by atoms with Gasteiger partial charge in [-0.3, -0.25) is 9.59 Å². The molecule has 1 amide bonds. The van der Waals surface area contributed by atoms with Gasteiger partial charge in [0.25, 0.3) is 0 Å². The maximum Gasteiger partial charge on any atom is 0.305 e. The molecule has 0 aromatic heterocycles. The summed E-state index contributed by atoms with van der Waals surface area (Å²) in [5, 5.41) is 9.02. The standard InChI is InChI=1S/C14H18N2O6S/c1-9-4-10(13(15)19)6-11(5-9)23(20,21)16-14(7-12(17)18)2-3-22-8-14/h4-6,16H,2-3,7-8H2,1H3,(H2,15,19)(H,17,18). The van der Waals surface area contributed by atoms with Crippen molar-refractivity contribution in [2.75, 3.05) is 13.2 Å². The fourth-order valence-corrected chi connectivity index (χ4v) is 4.09. The lowest BCUT2D eigenvalue weighted by atomic mass is 9.96. The van der Waals surface area contributed by atoms with Crippen LogP contribution < -0.4 is 10.5 Å².